The summed E-state index contributed by atoms with van der Waals surface area (Å²) in [4.78, 5) is 23.5. The molecule has 5 heteroatoms. The van der Waals surface area contributed by atoms with Crippen LogP contribution in [0, 0.1) is 11.8 Å². The third kappa shape index (κ3) is 3.64. The molecule has 25 heavy (non-hydrogen) atoms. The number of rotatable bonds is 5. The average Bonchev–Trinajstić information content (AvgIpc) is 2.91. The number of hydrogen-bond donors (Lipinski definition) is 1. The van der Waals surface area contributed by atoms with Gasteiger partial charge in [0, 0.05) is 11.8 Å². The Labute approximate surface area is 152 Å². The van der Waals surface area contributed by atoms with Gasteiger partial charge in [0.25, 0.3) is 0 Å². The van der Waals surface area contributed by atoms with Crippen molar-refractivity contribution in [3.63, 3.8) is 0 Å². The van der Waals surface area contributed by atoms with Crippen molar-refractivity contribution < 1.29 is 14.3 Å². The van der Waals surface area contributed by atoms with Crippen molar-refractivity contribution in [2.75, 3.05) is 6.61 Å². The number of fused-ring (bicyclic) bond motifs is 3. The van der Waals surface area contributed by atoms with Crippen LogP contribution in [0.15, 0.2) is 48.6 Å². The molecule has 0 radical (unpaired) electrons. The summed E-state index contributed by atoms with van der Waals surface area (Å²) in [7, 11) is 0. The fraction of sp³-hybridized carbons (Fsp3) is 0.400. The van der Waals surface area contributed by atoms with Gasteiger partial charge in [-0.25, -0.2) is 4.79 Å². The Bertz CT molecular complexity index is 725. The predicted octanol–water partition coefficient (Wildman–Crippen LogP) is 4.13. The number of hydrogen-bond acceptors (Lipinski definition) is 3. The highest BCUT2D eigenvalue weighted by atomic mass is 35.5. The molecule has 3 rings (SSSR count). The monoisotopic (exact) mass is 359 g/mol. The molecule has 132 valence electrons. The molecule has 0 aliphatic heterocycles. The summed E-state index contributed by atoms with van der Waals surface area (Å²) >= 11 is 5.54. The van der Waals surface area contributed by atoms with Crippen molar-refractivity contribution in [1.29, 1.82) is 0 Å². The van der Waals surface area contributed by atoms with Crippen LogP contribution < -0.4 is 5.32 Å². The number of ether oxygens (including phenoxy) is 1. The summed E-state index contributed by atoms with van der Waals surface area (Å²) in [5.41, 5.74) is 2.51. The van der Waals surface area contributed by atoms with Crippen LogP contribution in [0.1, 0.15) is 36.8 Å². The van der Waals surface area contributed by atoms with Crippen molar-refractivity contribution in [2.45, 2.75) is 31.7 Å². The lowest BCUT2D eigenvalue weighted by molar-refractivity contribution is -0.114. The van der Waals surface area contributed by atoms with Crippen molar-refractivity contribution in [3.05, 3.63) is 59.7 Å². The number of amides is 1. The van der Waals surface area contributed by atoms with Crippen LogP contribution in [0.5, 0.6) is 0 Å². The molecule has 0 heterocycles. The quantitative estimate of drug-likeness (QED) is 0.804. The van der Waals surface area contributed by atoms with Crippen LogP contribution in [0.4, 0.5) is 4.79 Å². The summed E-state index contributed by atoms with van der Waals surface area (Å²) in [5.74, 6) is 0.620. The number of halogens is 1. The molecule has 0 saturated heterocycles. The highest BCUT2D eigenvalue weighted by molar-refractivity contribution is 6.64. The van der Waals surface area contributed by atoms with E-state index in [4.69, 9.17) is 16.3 Å². The average molecular weight is 360 g/mol. The largest absolute Gasteiger partial charge is 0.449 e. The van der Waals surface area contributed by atoms with Gasteiger partial charge in [0.05, 0.1) is 0 Å². The Kier molecular flexibility index (Phi) is 5.28. The summed E-state index contributed by atoms with van der Waals surface area (Å²) in [6, 6.07) is 7.54. The normalized spacial score (nSPS) is 24.6. The molecule has 4 atom stereocenters. The maximum Gasteiger partial charge on any atom is 0.407 e. The van der Waals surface area contributed by atoms with Crippen molar-refractivity contribution >= 4 is 22.9 Å². The van der Waals surface area contributed by atoms with Gasteiger partial charge in [-0.2, -0.15) is 0 Å². The van der Waals surface area contributed by atoms with E-state index in [1.807, 2.05) is 32.1 Å². The summed E-state index contributed by atoms with van der Waals surface area (Å²) in [6.45, 7) is 3.91. The third-order valence-corrected chi connectivity index (χ3v) is 5.21. The minimum absolute atomic E-state index is 0.0967. The zero-order valence-corrected chi connectivity index (χ0v) is 15.1. The molecule has 0 fully saturated rings. The first-order valence-corrected chi connectivity index (χ1v) is 8.93. The minimum atomic E-state index is -0.740. The smallest absolute Gasteiger partial charge is 0.407 e. The third-order valence-electron chi connectivity index (χ3n) is 4.98. The van der Waals surface area contributed by atoms with Gasteiger partial charge in [0.15, 0.2) is 0 Å². The first-order chi connectivity index (χ1) is 12.0. The van der Waals surface area contributed by atoms with Gasteiger partial charge in [-0.15, -0.1) is 0 Å². The highest BCUT2D eigenvalue weighted by Crippen LogP contribution is 2.49. The van der Waals surface area contributed by atoms with E-state index in [0.29, 0.717) is 5.92 Å². The van der Waals surface area contributed by atoms with E-state index < -0.39 is 17.4 Å². The second-order valence-electron chi connectivity index (χ2n) is 6.88. The van der Waals surface area contributed by atoms with E-state index in [2.05, 4.69) is 35.7 Å². The Morgan fingerprint density at radius 2 is 1.84 bits per heavy atom. The first kappa shape index (κ1) is 17.7. The number of carbonyl (C=O) groups is 2. The van der Waals surface area contributed by atoms with E-state index in [-0.39, 0.29) is 24.4 Å². The Hall–Kier alpha value is -2.07. The molecule has 2 aliphatic carbocycles. The number of allylic oxidation sites excluding steroid dienone is 4. The highest BCUT2D eigenvalue weighted by Gasteiger charge is 2.39. The molecule has 0 saturated carbocycles. The maximum absolute atomic E-state index is 12.1. The molecule has 4 nitrogen and oxygen atoms in total. The fourth-order valence-corrected chi connectivity index (χ4v) is 4.01. The van der Waals surface area contributed by atoms with Crippen molar-refractivity contribution in [2.24, 2.45) is 11.8 Å². The lowest BCUT2D eigenvalue weighted by atomic mass is 9.84. The zero-order valence-electron chi connectivity index (χ0n) is 14.3. The van der Waals surface area contributed by atoms with Crippen LogP contribution in [-0.2, 0) is 9.53 Å². The first-order valence-electron chi connectivity index (χ1n) is 8.55. The van der Waals surface area contributed by atoms with Crippen LogP contribution in [0.3, 0.4) is 0 Å². The summed E-state index contributed by atoms with van der Waals surface area (Å²) in [5, 5.41) is 1.98. The number of alkyl carbamates (subject to hydrolysis) is 1. The second-order valence-corrected chi connectivity index (χ2v) is 7.25. The molecular formula is C20H22ClNO3. The minimum Gasteiger partial charge on any atom is -0.449 e. The van der Waals surface area contributed by atoms with Crippen LogP contribution in [0.2, 0.25) is 0 Å². The van der Waals surface area contributed by atoms with Gasteiger partial charge in [-0.1, -0.05) is 62.4 Å². The summed E-state index contributed by atoms with van der Waals surface area (Å²) < 4.78 is 5.44. The van der Waals surface area contributed by atoms with Gasteiger partial charge < -0.3 is 10.1 Å². The zero-order chi connectivity index (χ0) is 18.0. The number of nitrogens with one attached hydrogen (secondary N) is 1. The summed E-state index contributed by atoms with van der Waals surface area (Å²) in [6.07, 6.45) is 7.87. The lowest BCUT2D eigenvalue weighted by Gasteiger charge is -2.23. The van der Waals surface area contributed by atoms with Gasteiger partial charge in [-0.3, -0.25) is 4.79 Å². The second kappa shape index (κ2) is 7.44. The predicted molar refractivity (Wildman–Crippen MR) is 97.7 cm³/mol. The Morgan fingerprint density at radius 1 is 1.16 bits per heavy atom. The molecule has 0 bridgehead atoms. The molecular weight excluding hydrogens is 338 g/mol. The van der Waals surface area contributed by atoms with Crippen LogP contribution >= 0.6 is 11.6 Å². The number of carbonyl (C=O) groups excluding carboxylic acids is 2. The fourth-order valence-electron chi connectivity index (χ4n) is 3.70. The Morgan fingerprint density at radius 3 is 2.52 bits per heavy atom. The molecule has 3 unspecified atom stereocenters. The molecule has 0 spiro atoms. The molecule has 0 aromatic heterocycles. The molecule has 1 amide bonds. The van der Waals surface area contributed by atoms with E-state index in [9.17, 15) is 9.59 Å². The van der Waals surface area contributed by atoms with Crippen LogP contribution in [-0.4, -0.2) is 24.0 Å². The lowest BCUT2D eigenvalue weighted by Crippen LogP contribution is -2.43. The van der Waals surface area contributed by atoms with Gasteiger partial charge in [-0.05, 0) is 34.6 Å². The van der Waals surface area contributed by atoms with E-state index in [0.717, 1.165) is 0 Å². The Balaban J connectivity index is 1.68. The van der Waals surface area contributed by atoms with Crippen molar-refractivity contribution in [1.82, 2.24) is 5.32 Å². The van der Waals surface area contributed by atoms with Crippen molar-refractivity contribution in [3.8, 4) is 0 Å². The number of benzene rings is 1. The van der Waals surface area contributed by atoms with Gasteiger partial charge in [0.2, 0.25) is 5.24 Å². The molecule has 1 N–H and O–H groups in total. The van der Waals surface area contributed by atoms with Crippen LogP contribution in [0.25, 0.3) is 0 Å². The molecule has 1 aromatic rings. The van der Waals surface area contributed by atoms with E-state index in [1.54, 1.807) is 0 Å². The molecule has 2 aliphatic rings. The molecule has 1 aromatic carbocycles. The maximum atomic E-state index is 12.1. The van der Waals surface area contributed by atoms with Gasteiger partial charge >= 0.3 is 6.09 Å². The van der Waals surface area contributed by atoms with Gasteiger partial charge in [0.1, 0.15) is 12.6 Å². The van der Waals surface area contributed by atoms with E-state index >= 15 is 0 Å². The standard InChI is InChI=1S/C20H22ClNO3/c1-12(2)18(19(21)23)22-20(24)25-11-17-15-9-5-3-7-13(15)14-8-4-6-10-16(14)17/h3-10,12-13,15,17-18H,11H2,1-2H3,(H,22,24)/t13?,15?,17?,18-/m0/s1. The SMILES string of the molecule is CC(C)[C@H](NC(=O)OCC1c2ccccc2C2C=CC=CC21)C(=O)Cl. The topological polar surface area (TPSA) is 55.4 Å². The van der Waals surface area contributed by atoms with E-state index in [1.165, 1.54) is 11.1 Å².